The number of carbonyl (C=O) groups is 1. The quantitative estimate of drug-likeness (QED) is 0.921. The zero-order chi connectivity index (χ0) is 14.0. The molecule has 1 aromatic heterocycles. The van der Waals surface area contributed by atoms with Gasteiger partial charge < -0.3 is 10.0 Å². The number of nitrogens with zero attached hydrogens (tertiary/aromatic N) is 2. The van der Waals surface area contributed by atoms with Crippen LogP contribution in [0, 0.1) is 12.7 Å². The van der Waals surface area contributed by atoms with Crippen molar-refractivity contribution < 1.29 is 14.3 Å². The van der Waals surface area contributed by atoms with Gasteiger partial charge in [0, 0.05) is 12.7 Å². The average molecular weight is 260 g/mol. The third-order valence-corrected chi connectivity index (χ3v) is 2.77. The highest BCUT2D eigenvalue weighted by Crippen LogP contribution is 2.26. The number of carboxylic acids is 1. The normalized spacial score (nSPS) is 10.3. The fourth-order valence-corrected chi connectivity index (χ4v) is 1.82. The number of pyridine rings is 1. The first-order valence-corrected chi connectivity index (χ1v) is 5.68. The van der Waals surface area contributed by atoms with Gasteiger partial charge in [-0.05, 0) is 30.7 Å². The maximum Gasteiger partial charge on any atom is 0.339 e. The first kappa shape index (κ1) is 13.0. The molecule has 0 saturated heterocycles. The van der Waals surface area contributed by atoms with E-state index in [0.29, 0.717) is 0 Å². The van der Waals surface area contributed by atoms with Crippen LogP contribution in [0.25, 0.3) is 0 Å². The van der Waals surface area contributed by atoms with Crippen LogP contribution in [0.5, 0.6) is 0 Å². The molecule has 0 aliphatic rings. The van der Waals surface area contributed by atoms with E-state index in [4.69, 9.17) is 5.11 Å². The van der Waals surface area contributed by atoms with Gasteiger partial charge in [-0.1, -0.05) is 12.1 Å². The van der Waals surface area contributed by atoms with Crippen LogP contribution >= 0.6 is 0 Å². The van der Waals surface area contributed by atoms with Gasteiger partial charge in [-0.15, -0.1) is 0 Å². The highest BCUT2D eigenvalue weighted by molar-refractivity contribution is 5.94. The van der Waals surface area contributed by atoms with Crippen molar-refractivity contribution in [3.63, 3.8) is 0 Å². The van der Waals surface area contributed by atoms with Crippen molar-refractivity contribution in [3.05, 3.63) is 53.5 Å². The summed E-state index contributed by atoms with van der Waals surface area (Å²) in [7, 11) is 1.70. The minimum Gasteiger partial charge on any atom is -0.478 e. The van der Waals surface area contributed by atoms with Crippen molar-refractivity contribution in [2.75, 3.05) is 11.9 Å². The van der Waals surface area contributed by atoms with Crippen LogP contribution in [-0.4, -0.2) is 23.1 Å². The molecule has 0 aliphatic carbocycles. The second-order valence-corrected chi connectivity index (χ2v) is 4.23. The molecule has 0 fully saturated rings. The number of carboxylic acid groups (broad SMARTS) is 1. The topological polar surface area (TPSA) is 53.4 Å². The van der Waals surface area contributed by atoms with Crippen LogP contribution in [-0.2, 0) is 0 Å². The van der Waals surface area contributed by atoms with Crippen LogP contribution < -0.4 is 4.90 Å². The standard InChI is InChI=1S/C14H13FN2O2/c1-9-4-3-5-11(6-9)17(2)13-12(14(18)19)7-10(15)8-16-13/h3-8H,1-2H3,(H,18,19). The van der Waals surface area contributed by atoms with Crippen LogP contribution in [0.1, 0.15) is 15.9 Å². The Morgan fingerprint density at radius 1 is 1.37 bits per heavy atom. The average Bonchev–Trinajstić information content (AvgIpc) is 2.37. The van der Waals surface area contributed by atoms with Gasteiger partial charge in [0.05, 0.1) is 6.20 Å². The molecule has 0 radical (unpaired) electrons. The number of aromatic carboxylic acids is 1. The van der Waals surface area contributed by atoms with E-state index in [9.17, 15) is 9.18 Å². The molecule has 2 rings (SSSR count). The zero-order valence-electron chi connectivity index (χ0n) is 10.6. The Kier molecular flexibility index (Phi) is 3.46. The number of hydrogen-bond donors (Lipinski definition) is 1. The number of aryl methyl sites for hydroxylation is 1. The van der Waals surface area contributed by atoms with Crippen molar-refractivity contribution >= 4 is 17.5 Å². The number of aromatic nitrogens is 1. The van der Waals surface area contributed by atoms with E-state index in [1.165, 1.54) is 0 Å². The van der Waals surface area contributed by atoms with Crippen LogP contribution in [0.4, 0.5) is 15.9 Å². The van der Waals surface area contributed by atoms with E-state index >= 15 is 0 Å². The summed E-state index contributed by atoms with van der Waals surface area (Å²) < 4.78 is 13.1. The summed E-state index contributed by atoms with van der Waals surface area (Å²) in [5.74, 6) is -1.67. The first-order chi connectivity index (χ1) is 8.99. The molecule has 1 aromatic carbocycles. The number of halogens is 1. The third kappa shape index (κ3) is 2.70. The number of hydrogen-bond acceptors (Lipinski definition) is 3. The monoisotopic (exact) mass is 260 g/mol. The Morgan fingerprint density at radius 2 is 2.11 bits per heavy atom. The molecule has 0 amide bonds. The molecule has 5 heteroatoms. The predicted molar refractivity (Wildman–Crippen MR) is 70.4 cm³/mol. The molecule has 19 heavy (non-hydrogen) atoms. The summed E-state index contributed by atoms with van der Waals surface area (Å²) in [5.41, 5.74) is 1.67. The fourth-order valence-electron chi connectivity index (χ4n) is 1.82. The summed E-state index contributed by atoms with van der Waals surface area (Å²) in [5, 5.41) is 9.11. The molecule has 1 N–H and O–H groups in total. The molecule has 0 bridgehead atoms. The lowest BCUT2D eigenvalue weighted by Crippen LogP contribution is -2.16. The molecular formula is C14H13FN2O2. The summed E-state index contributed by atoms with van der Waals surface area (Å²) >= 11 is 0. The van der Waals surface area contributed by atoms with E-state index in [1.54, 1.807) is 11.9 Å². The van der Waals surface area contributed by atoms with Crippen molar-refractivity contribution in [2.24, 2.45) is 0 Å². The molecular weight excluding hydrogens is 247 g/mol. The van der Waals surface area contributed by atoms with Crippen molar-refractivity contribution in [1.82, 2.24) is 4.98 Å². The zero-order valence-corrected chi connectivity index (χ0v) is 10.6. The van der Waals surface area contributed by atoms with Gasteiger partial charge in [-0.3, -0.25) is 0 Å². The summed E-state index contributed by atoms with van der Waals surface area (Å²) in [6.45, 7) is 1.94. The minimum absolute atomic E-state index is 0.163. The Morgan fingerprint density at radius 3 is 2.74 bits per heavy atom. The van der Waals surface area contributed by atoms with Gasteiger partial charge >= 0.3 is 5.97 Å². The third-order valence-electron chi connectivity index (χ3n) is 2.77. The van der Waals surface area contributed by atoms with Crippen LogP contribution in [0.2, 0.25) is 0 Å². The molecule has 2 aromatic rings. The van der Waals surface area contributed by atoms with E-state index in [1.807, 2.05) is 31.2 Å². The molecule has 98 valence electrons. The summed E-state index contributed by atoms with van der Waals surface area (Å²) in [6.07, 6.45) is 1.01. The lowest BCUT2D eigenvalue weighted by Gasteiger charge is -2.20. The Bertz CT molecular complexity index is 629. The van der Waals surface area contributed by atoms with Crippen LogP contribution in [0.3, 0.4) is 0 Å². The van der Waals surface area contributed by atoms with Gasteiger partial charge in [0.15, 0.2) is 0 Å². The molecule has 0 saturated carbocycles. The maximum absolute atomic E-state index is 13.1. The summed E-state index contributed by atoms with van der Waals surface area (Å²) in [6, 6.07) is 8.51. The Balaban J connectivity index is 2.49. The SMILES string of the molecule is Cc1cccc(N(C)c2ncc(F)cc2C(=O)O)c1. The van der Waals surface area contributed by atoms with Gasteiger partial charge in [0.2, 0.25) is 0 Å². The summed E-state index contributed by atoms with van der Waals surface area (Å²) in [4.78, 5) is 16.6. The second kappa shape index (κ2) is 5.06. The number of rotatable bonds is 3. The second-order valence-electron chi connectivity index (χ2n) is 4.23. The Labute approximate surface area is 110 Å². The van der Waals surface area contributed by atoms with E-state index in [-0.39, 0.29) is 11.4 Å². The molecule has 0 spiro atoms. The van der Waals surface area contributed by atoms with E-state index < -0.39 is 11.8 Å². The molecule has 0 aliphatic heterocycles. The van der Waals surface area contributed by atoms with E-state index in [2.05, 4.69) is 4.98 Å². The molecule has 0 unspecified atom stereocenters. The molecule has 4 nitrogen and oxygen atoms in total. The Hall–Kier alpha value is -2.43. The van der Waals surface area contributed by atoms with Gasteiger partial charge in [-0.25, -0.2) is 14.2 Å². The minimum atomic E-state index is -1.21. The van der Waals surface area contributed by atoms with Gasteiger partial charge in [0.25, 0.3) is 0 Å². The highest BCUT2D eigenvalue weighted by atomic mass is 19.1. The van der Waals surface area contributed by atoms with Crippen LogP contribution in [0.15, 0.2) is 36.5 Å². The van der Waals surface area contributed by atoms with Gasteiger partial charge in [-0.2, -0.15) is 0 Å². The maximum atomic E-state index is 13.1. The first-order valence-electron chi connectivity index (χ1n) is 5.68. The lowest BCUT2D eigenvalue weighted by atomic mass is 10.2. The lowest BCUT2D eigenvalue weighted by molar-refractivity contribution is 0.0696. The van der Waals surface area contributed by atoms with Crippen molar-refractivity contribution in [3.8, 4) is 0 Å². The largest absolute Gasteiger partial charge is 0.478 e. The van der Waals surface area contributed by atoms with Gasteiger partial charge in [0.1, 0.15) is 17.2 Å². The molecule has 1 heterocycles. The fraction of sp³-hybridized carbons (Fsp3) is 0.143. The van der Waals surface area contributed by atoms with Crippen molar-refractivity contribution in [1.29, 1.82) is 0 Å². The number of anilines is 2. The highest BCUT2D eigenvalue weighted by Gasteiger charge is 2.17. The number of benzene rings is 1. The van der Waals surface area contributed by atoms with Crippen molar-refractivity contribution in [2.45, 2.75) is 6.92 Å². The molecule has 0 atom stereocenters. The smallest absolute Gasteiger partial charge is 0.339 e. The van der Waals surface area contributed by atoms with E-state index in [0.717, 1.165) is 23.5 Å². The predicted octanol–water partition coefficient (Wildman–Crippen LogP) is 3.00.